The average molecular weight is 622 g/mol. The van der Waals surface area contributed by atoms with E-state index in [1.807, 2.05) is 58.0 Å². The number of hydrogen-bond acceptors (Lipinski definition) is 10. The van der Waals surface area contributed by atoms with E-state index < -0.39 is 29.2 Å². The molecular formula is C32H48BN7O3S. The van der Waals surface area contributed by atoms with E-state index in [9.17, 15) is 9.59 Å². The normalized spacial score (nSPS) is 17.6. The molecule has 2 saturated carbocycles. The Morgan fingerprint density at radius 3 is 2.41 bits per heavy atom. The molecule has 4 N–H and O–H groups in total. The number of rotatable bonds is 12. The van der Waals surface area contributed by atoms with Gasteiger partial charge in [0.25, 0.3) is 0 Å². The Morgan fingerprint density at radius 2 is 1.93 bits per heavy atom. The van der Waals surface area contributed by atoms with Crippen LogP contribution >= 0.6 is 11.9 Å². The monoisotopic (exact) mass is 621 g/mol. The number of amides is 1. The summed E-state index contributed by atoms with van der Waals surface area (Å²) in [5.74, 6) is 5.82. The maximum Gasteiger partial charge on any atom is 0.411 e. The van der Waals surface area contributed by atoms with Gasteiger partial charge in [-0.05, 0) is 116 Å². The fraction of sp³-hybridized carbons (Fsp3) is 0.562. The number of nitrogens with zero attached hydrogens (tertiary/aromatic N) is 4. The molecule has 1 amide bonds. The molecule has 0 spiro atoms. The van der Waals surface area contributed by atoms with Gasteiger partial charge in [0.05, 0.1) is 6.54 Å². The van der Waals surface area contributed by atoms with Gasteiger partial charge < -0.3 is 20.7 Å². The molecule has 0 aliphatic heterocycles. The van der Waals surface area contributed by atoms with Crippen LogP contribution in [0.15, 0.2) is 44.9 Å². The van der Waals surface area contributed by atoms with Gasteiger partial charge in [-0.15, -0.1) is 0 Å². The van der Waals surface area contributed by atoms with Crippen molar-refractivity contribution in [2.24, 2.45) is 15.7 Å². The van der Waals surface area contributed by atoms with E-state index in [0.717, 1.165) is 24.0 Å². The lowest BCUT2D eigenvalue weighted by Crippen LogP contribution is -2.47. The average Bonchev–Trinajstić information content (AvgIpc) is 3.91. The molecule has 0 bridgehead atoms. The zero-order valence-electron chi connectivity index (χ0n) is 27.4. The van der Waals surface area contributed by atoms with Crippen LogP contribution < -0.4 is 20.7 Å². The summed E-state index contributed by atoms with van der Waals surface area (Å²) < 4.78 is 9.04. The number of ether oxygens (including phenoxy) is 1. The lowest BCUT2D eigenvalue weighted by molar-refractivity contribution is 0.0242. The molecule has 44 heavy (non-hydrogen) atoms. The smallest absolute Gasteiger partial charge is 0.411 e. The Labute approximate surface area is 269 Å². The van der Waals surface area contributed by atoms with Crippen molar-refractivity contribution in [3.8, 4) is 11.8 Å². The van der Waals surface area contributed by atoms with Crippen molar-refractivity contribution in [2.45, 2.75) is 86.9 Å². The molecule has 2 aliphatic carbocycles. The predicted molar refractivity (Wildman–Crippen MR) is 184 cm³/mol. The fourth-order valence-corrected chi connectivity index (χ4v) is 5.04. The highest BCUT2D eigenvalue weighted by Gasteiger charge is 2.49. The maximum atomic E-state index is 12.8. The van der Waals surface area contributed by atoms with Gasteiger partial charge >= 0.3 is 6.09 Å². The first-order valence-electron chi connectivity index (χ1n) is 14.6. The second-order valence-electron chi connectivity index (χ2n) is 12.3. The first-order valence-corrected chi connectivity index (χ1v) is 15.5. The third-order valence-electron chi connectivity index (χ3n) is 7.07. The standard InChI is InChI=1S/C30H41BN6O3S.C2H7N/c1-28(2,3)40-27(39)36(7)30(14-15-30)11-10-23(19-34-6)37(26(31)22(17-32)18-33-5)25-9-8-24(16-21(25)20-38)41-35-29(4)12-13-29;1-3-2/h8-9,16-18,20,23,26,35H,6,12-15,19,32H2,1-5,7H3;3H,1-2H3/b22-17+,33-18?;. The summed E-state index contributed by atoms with van der Waals surface area (Å²) >= 11 is 1.50. The molecule has 238 valence electrons. The molecule has 0 saturated heterocycles. The third kappa shape index (κ3) is 10.4. The molecule has 2 aliphatic rings. The maximum absolute atomic E-state index is 12.8. The molecule has 2 fully saturated rings. The van der Waals surface area contributed by atoms with E-state index in [-0.39, 0.29) is 12.1 Å². The second kappa shape index (κ2) is 16.2. The zero-order chi connectivity index (χ0) is 33.1. The van der Waals surface area contributed by atoms with Gasteiger partial charge in [0.2, 0.25) is 0 Å². The summed E-state index contributed by atoms with van der Waals surface area (Å²) in [6.45, 7) is 11.5. The summed E-state index contributed by atoms with van der Waals surface area (Å²) in [5, 5.41) is 2.75. The molecule has 3 rings (SSSR count). The molecule has 1 aromatic carbocycles. The van der Waals surface area contributed by atoms with Crippen LogP contribution in [0.3, 0.4) is 0 Å². The minimum Gasteiger partial charge on any atom is -0.444 e. The summed E-state index contributed by atoms with van der Waals surface area (Å²) in [6, 6.07) is 5.04. The lowest BCUT2D eigenvalue weighted by atomic mass is 9.85. The molecule has 2 unspecified atom stereocenters. The molecule has 12 heteroatoms. The number of hydrogen-bond donors (Lipinski definition) is 3. The van der Waals surface area contributed by atoms with Crippen molar-refractivity contribution in [1.82, 2.24) is 14.9 Å². The van der Waals surface area contributed by atoms with Crippen molar-refractivity contribution in [3.63, 3.8) is 0 Å². The van der Waals surface area contributed by atoms with E-state index in [4.69, 9.17) is 18.3 Å². The van der Waals surface area contributed by atoms with E-state index in [1.54, 1.807) is 25.2 Å². The van der Waals surface area contributed by atoms with E-state index in [1.165, 1.54) is 18.1 Å². The number of anilines is 1. The van der Waals surface area contributed by atoms with E-state index >= 15 is 0 Å². The third-order valence-corrected chi connectivity index (χ3v) is 8.16. The van der Waals surface area contributed by atoms with Crippen LogP contribution in [0.25, 0.3) is 0 Å². The van der Waals surface area contributed by atoms with Crippen molar-refractivity contribution < 1.29 is 14.3 Å². The number of nitrogens with one attached hydrogen (secondary N) is 2. The number of benzene rings is 1. The second-order valence-corrected chi connectivity index (χ2v) is 13.2. The first kappa shape index (κ1) is 36.9. The SMILES string of the molecule is CNC.[B]C(/C(C=NC)=C/N)N(c1ccc(SNC2(C)CC2)cc1C=O)C(C#CC1(N(C)C(=O)OC(C)(C)C)CC1)CN=C. The molecule has 1 aromatic rings. The van der Waals surface area contributed by atoms with Crippen molar-refractivity contribution in [1.29, 1.82) is 0 Å². The minimum absolute atomic E-state index is 0.126. The highest BCUT2D eigenvalue weighted by molar-refractivity contribution is 7.97. The molecular weight excluding hydrogens is 573 g/mol. The molecule has 2 radical (unpaired) electrons. The molecule has 10 nitrogen and oxygen atoms in total. The van der Waals surface area contributed by atoms with Crippen LogP contribution in [-0.4, -0.2) is 101 Å². The van der Waals surface area contributed by atoms with E-state index in [0.29, 0.717) is 29.7 Å². The van der Waals surface area contributed by atoms with Crippen molar-refractivity contribution in [2.75, 3.05) is 39.6 Å². The number of aldehydes is 1. The Hall–Kier alpha value is -3.27. The quantitative estimate of drug-likeness (QED) is 0.106. The van der Waals surface area contributed by atoms with Crippen LogP contribution in [0.4, 0.5) is 10.5 Å². The number of aliphatic imine (C=N–C) groups is 2. The first-order chi connectivity index (χ1) is 20.7. The Kier molecular flexibility index (Phi) is 13.6. The van der Waals surface area contributed by atoms with Gasteiger partial charge in [-0.1, -0.05) is 11.8 Å². The van der Waals surface area contributed by atoms with Gasteiger partial charge in [-0.25, -0.2) is 4.79 Å². The van der Waals surface area contributed by atoms with Crippen molar-refractivity contribution >= 4 is 50.8 Å². The summed E-state index contributed by atoms with van der Waals surface area (Å²) in [7, 11) is 13.9. The van der Waals surface area contributed by atoms with Crippen LogP contribution in [0, 0.1) is 11.8 Å². The highest BCUT2D eigenvalue weighted by Crippen LogP contribution is 2.41. The zero-order valence-corrected chi connectivity index (χ0v) is 28.3. The molecule has 2 atom stereocenters. The van der Waals surface area contributed by atoms with Crippen molar-refractivity contribution in [3.05, 3.63) is 35.5 Å². The molecule has 0 aromatic heterocycles. The highest BCUT2D eigenvalue weighted by atomic mass is 32.2. The number of nitrogens with two attached hydrogens (primary N) is 1. The number of carbonyl (C=O) groups excluding carboxylic acids is 2. The fourth-order valence-electron chi connectivity index (χ4n) is 4.15. The summed E-state index contributed by atoms with van der Waals surface area (Å²) in [4.78, 5) is 37.7. The van der Waals surface area contributed by atoms with Gasteiger partial charge in [-0.3, -0.25) is 24.4 Å². The van der Waals surface area contributed by atoms with Gasteiger partial charge in [0, 0.05) is 47.9 Å². The largest absolute Gasteiger partial charge is 0.444 e. The Balaban J connectivity index is 0.00000216. The summed E-state index contributed by atoms with van der Waals surface area (Å²) in [6.07, 6.45) is 7.00. The summed E-state index contributed by atoms with van der Waals surface area (Å²) in [5.41, 5.74) is 6.34. The Bertz CT molecular complexity index is 1280. The lowest BCUT2D eigenvalue weighted by Gasteiger charge is -2.37. The van der Waals surface area contributed by atoms with Crippen LogP contribution in [0.2, 0.25) is 0 Å². The van der Waals surface area contributed by atoms with Gasteiger partial charge in [-0.2, -0.15) is 0 Å². The van der Waals surface area contributed by atoms with Crippen LogP contribution in [0.1, 0.15) is 63.7 Å². The van der Waals surface area contributed by atoms with Gasteiger partial charge in [0.15, 0.2) is 6.29 Å². The predicted octanol–water partition coefficient (Wildman–Crippen LogP) is 3.80. The van der Waals surface area contributed by atoms with Crippen LogP contribution in [0.5, 0.6) is 0 Å². The van der Waals surface area contributed by atoms with Crippen LogP contribution in [-0.2, 0) is 4.74 Å². The van der Waals surface area contributed by atoms with Gasteiger partial charge in [0.1, 0.15) is 25.0 Å². The topological polar surface area (TPSA) is 125 Å². The van der Waals surface area contributed by atoms with E-state index in [2.05, 4.69) is 45.5 Å². The molecule has 0 heterocycles. The number of carbonyl (C=O) groups is 2. The Morgan fingerprint density at radius 1 is 1.30 bits per heavy atom. The minimum atomic E-state index is -0.802.